The lowest BCUT2D eigenvalue weighted by Crippen LogP contribution is -2.38. The summed E-state index contributed by atoms with van der Waals surface area (Å²) in [5.74, 6) is 0.630. The number of amidine groups is 1. The SMILES string of the molecule is CCOC(=O)C1=C(C)N=C2SC=C(CC(=O)NC[C@@H]3CCCO3)N2[C@H]1c1cc(OC)cc(OC)c1. The molecule has 10 heteroatoms. The number of rotatable bonds is 9. The van der Waals surface area contributed by atoms with Crippen molar-refractivity contribution in [1.29, 1.82) is 0 Å². The molecular weight excluding hydrogens is 470 g/mol. The van der Waals surface area contributed by atoms with Gasteiger partial charge in [-0.3, -0.25) is 4.79 Å². The van der Waals surface area contributed by atoms with E-state index in [0.29, 0.717) is 34.5 Å². The molecule has 1 amide bonds. The number of aliphatic imine (C=N–C) groups is 1. The number of hydrogen-bond donors (Lipinski definition) is 1. The van der Waals surface area contributed by atoms with Gasteiger partial charge in [-0.2, -0.15) is 0 Å². The molecule has 3 heterocycles. The van der Waals surface area contributed by atoms with Crippen LogP contribution in [-0.4, -0.2) is 62.0 Å². The topological polar surface area (TPSA) is 98.7 Å². The van der Waals surface area contributed by atoms with Crippen molar-refractivity contribution in [3.8, 4) is 11.5 Å². The van der Waals surface area contributed by atoms with Crippen LogP contribution in [-0.2, 0) is 19.1 Å². The number of carbonyl (C=O) groups is 2. The summed E-state index contributed by atoms with van der Waals surface area (Å²) in [7, 11) is 3.16. The number of thioether (sulfide) groups is 1. The largest absolute Gasteiger partial charge is 0.497 e. The van der Waals surface area contributed by atoms with Crippen molar-refractivity contribution in [2.24, 2.45) is 4.99 Å². The molecule has 0 unspecified atom stereocenters. The normalized spacial score (nSPS) is 21.3. The Morgan fingerprint density at radius 2 is 1.97 bits per heavy atom. The fourth-order valence-electron chi connectivity index (χ4n) is 4.40. The van der Waals surface area contributed by atoms with Crippen LogP contribution in [0.15, 0.2) is 45.6 Å². The van der Waals surface area contributed by atoms with Crippen molar-refractivity contribution in [2.45, 2.75) is 45.3 Å². The molecule has 0 aliphatic carbocycles. The first kappa shape index (κ1) is 25.1. The molecule has 188 valence electrons. The molecule has 3 aliphatic heterocycles. The standard InChI is InChI=1S/C25H31N3O6S/c1-5-33-24(30)22-15(2)27-25-28(23(22)16-9-19(31-3)12-20(10-16)32-4)17(14-35-25)11-21(29)26-13-18-7-6-8-34-18/h9-10,12,14,18,23H,5-8,11,13H2,1-4H3,(H,26,29)/t18-,23-/m0/s1. The number of benzene rings is 1. The van der Waals surface area contributed by atoms with E-state index in [-0.39, 0.29) is 25.0 Å². The maximum Gasteiger partial charge on any atom is 0.338 e. The van der Waals surface area contributed by atoms with Crippen LogP contribution < -0.4 is 14.8 Å². The molecular formula is C25H31N3O6S. The highest BCUT2D eigenvalue weighted by molar-refractivity contribution is 8.16. The van der Waals surface area contributed by atoms with Crippen LogP contribution in [0.4, 0.5) is 0 Å². The average Bonchev–Trinajstić information content (AvgIpc) is 3.51. The molecule has 35 heavy (non-hydrogen) atoms. The number of allylic oxidation sites excluding steroid dienone is 1. The second-order valence-corrected chi connectivity index (χ2v) is 9.21. The van der Waals surface area contributed by atoms with Crippen molar-refractivity contribution in [3.63, 3.8) is 0 Å². The Bertz CT molecular complexity index is 1050. The first-order valence-corrected chi connectivity index (χ1v) is 12.6. The molecule has 3 aliphatic rings. The summed E-state index contributed by atoms with van der Waals surface area (Å²) >= 11 is 1.43. The minimum absolute atomic E-state index is 0.0657. The third kappa shape index (κ3) is 5.48. The van der Waals surface area contributed by atoms with Gasteiger partial charge in [-0.05, 0) is 49.8 Å². The van der Waals surface area contributed by atoms with E-state index in [9.17, 15) is 9.59 Å². The van der Waals surface area contributed by atoms with Crippen molar-refractivity contribution in [3.05, 3.63) is 46.1 Å². The molecule has 0 aromatic heterocycles. The second kappa shape index (κ2) is 11.2. The van der Waals surface area contributed by atoms with Crippen molar-refractivity contribution >= 4 is 28.8 Å². The Morgan fingerprint density at radius 1 is 1.23 bits per heavy atom. The summed E-state index contributed by atoms with van der Waals surface area (Å²) in [5, 5.41) is 5.59. The summed E-state index contributed by atoms with van der Waals surface area (Å²) in [5.41, 5.74) is 2.51. The highest BCUT2D eigenvalue weighted by Crippen LogP contribution is 2.46. The third-order valence-electron chi connectivity index (χ3n) is 6.08. The quantitative estimate of drug-likeness (QED) is 0.513. The molecule has 0 spiro atoms. The summed E-state index contributed by atoms with van der Waals surface area (Å²) in [4.78, 5) is 32.5. The number of carbonyl (C=O) groups excluding carboxylic acids is 2. The van der Waals surface area contributed by atoms with E-state index >= 15 is 0 Å². The molecule has 4 rings (SSSR count). The second-order valence-electron chi connectivity index (χ2n) is 8.38. The van der Waals surface area contributed by atoms with Crippen LogP contribution in [0, 0.1) is 0 Å². The van der Waals surface area contributed by atoms with E-state index in [2.05, 4.69) is 10.3 Å². The summed E-state index contributed by atoms with van der Waals surface area (Å²) in [6, 6.07) is 4.94. The van der Waals surface area contributed by atoms with Crippen molar-refractivity contribution in [1.82, 2.24) is 10.2 Å². The number of esters is 1. The van der Waals surface area contributed by atoms with Crippen LogP contribution in [0.25, 0.3) is 0 Å². The highest BCUT2D eigenvalue weighted by atomic mass is 32.2. The van der Waals surface area contributed by atoms with Gasteiger partial charge in [0.05, 0.1) is 50.7 Å². The summed E-state index contributed by atoms with van der Waals surface area (Å²) < 4.78 is 22.0. The summed E-state index contributed by atoms with van der Waals surface area (Å²) in [6.07, 6.45) is 2.18. The number of nitrogens with one attached hydrogen (secondary N) is 1. The Hall–Kier alpha value is -2.98. The number of amides is 1. The highest BCUT2D eigenvalue weighted by Gasteiger charge is 2.41. The minimum Gasteiger partial charge on any atom is -0.497 e. The van der Waals surface area contributed by atoms with Gasteiger partial charge >= 0.3 is 5.97 Å². The van der Waals surface area contributed by atoms with Gasteiger partial charge in [0.25, 0.3) is 0 Å². The lowest BCUT2D eigenvalue weighted by molar-refractivity contribution is -0.139. The maximum absolute atomic E-state index is 13.1. The maximum atomic E-state index is 13.1. The molecule has 0 radical (unpaired) electrons. The lowest BCUT2D eigenvalue weighted by Gasteiger charge is -2.36. The molecule has 0 bridgehead atoms. The number of fused-ring (bicyclic) bond motifs is 1. The monoisotopic (exact) mass is 501 g/mol. The Kier molecular flexibility index (Phi) is 8.02. The van der Waals surface area contributed by atoms with E-state index in [1.165, 1.54) is 11.8 Å². The fraction of sp³-hybridized carbons (Fsp3) is 0.480. The molecule has 1 aromatic carbocycles. The number of nitrogens with zero attached hydrogens (tertiary/aromatic N) is 2. The van der Waals surface area contributed by atoms with E-state index < -0.39 is 12.0 Å². The first-order chi connectivity index (χ1) is 16.9. The summed E-state index contributed by atoms with van der Waals surface area (Å²) in [6.45, 7) is 5.04. The van der Waals surface area contributed by atoms with Crippen molar-refractivity contribution in [2.75, 3.05) is 34.0 Å². The van der Waals surface area contributed by atoms with Gasteiger partial charge in [0.1, 0.15) is 11.5 Å². The predicted octanol–water partition coefficient (Wildman–Crippen LogP) is 3.53. The molecule has 9 nitrogen and oxygen atoms in total. The Morgan fingerprint density at radius 3 is 2.60 bits per heavy atom. The van der Waals surface area contributed by atoms with E-state index in [0.717, 1.165) is 30.7 Å². The molecule has 2 atom stereocenters. The fourth-order valence-corrected chi connectivity index (χ4v) is 5.37. The van der Waals surface area contributed by atoms with Crippen LogP contribution in [0.5, 0.6) is 11.5 Å². The van der Waals surface area contributed by atoms with E-state index in [1.54, 1.807) is 34.1 Å². The molecule has 1 aromatic rings. The first-order valence-electron chi connectivity index (χ1n) is 11.7. The van der Waals surface area contributed by atoms with Gasteiger partial charge in [0, 0.05) is 24.9 Å². The van der Waals surface area contributed by atoms with Gasteiger partial charge in [0.2, 0.25) is 5.91 Å². The molecule has 1 fully saturated rings. The molecule has 1 saturated heterocycles. The van der Waals surface area contributed by atoms with Gasteiger partial charge in [-0.15, -0.1) is 0 Å². The average molecular weight is 502 g/mol. The van der Waals surface area contributed by atoms with Crippen LogP contribution >= 0.6 is 11.8 Å². The van der Waals surface area contributed by atoms with E-state index in [1.807, 2.05) is 22.4 Å². The van der Waals surface area contributed by atoms with E-state index in [4.69, 9.17) is 18.9 Å². The van der Waals surface area contributed by atoms with Crippen LogP contribution in [0.3, 0.4) is 0 Å². The number of ether oxygens (including phenoxy) is 4. The molecule has 0 saturated carbocycles. The third-order valence-corrected chi connectivity index (χ3v) is 6.97. The van der Waals surface area contributed by atoms with Gasteiger partial charge in [0.15, 0.2) is 5.17 Å². The lowest BCUT2D eigenvalue weighted by atomic mass is 9.93. The van der Waals surface area contributed by atoms with Gasteiger partial charge in [-0.1, -0.05) is 11.8 Å². The van der Waals surface area contributed by atoms with Crippen LogP contribution in [0.2, 0.25) is 0 Å². The zero-order valence-corrected chi connectivity index (χ0v) is 21.3. The zero-order valence-electron chi connectivity index (χ0n) is 20.5. The smallest absolute Gasteiger partial charge is 0.338 e. The molecule has 1 N–H and O–H groups in total. The predicted molar refractivity (Wildman–Crippen MR) is 133 cm³/mol. The van der Waals surface area contributed by atoms with Gasteiger partial charge < -0.3 is 29.2 Å². The Labute approximate surface area is 209 Å². The minimum atomic E-state index is -0.558. The van der Waals surface area contributed by atoms with Crippen molar-refractivity contribution < 1.29 is 28.5 Å². The number of hydrogen-bond acceptors (Lipinski definition) is 9. The Balaban J connectivity index is 1.66. The number of methoxy groups -OCH3 is 2. The van der Waals surface area contributed by atoms with Crippen LogP contribution in [0.1, 0.15) is 44.7 Å². The van der Waals surface area contributed by atoms with Gasteiger partial charge in [-0.25, -0.2) is 9.79 Å². The zero-order chi connectivity index (χ0) is 24.9.